The molecule has 288 valence electrons. The average Bonchev–Trinajstić information content (AvgIpc) is 3.60. The number of nitrogens with one attached hydrogen (secondary N) is 1. The highest BCUT2D eigenvalue weighted by Gasteiger charge is 2.41. The summed E-state index contributed by atoms with van der Waals surface area (Å²) in [5.74, 6) is 0.230. The monoisotopic (exact) mass is 735 g/mol. The largest absolute Gasteiger partial charge is 0.443 e. The Morgan fingerprint density at radius 1 is 0.453 bits per heavy atom. The van der Waals surface area contributed by atoms with E-state index in [1.54, 1.807) is 107 Å². The van der Waals surface area contributed by atoms with E-state index >= 15 is 0 Å². The highest BCUT2D eigenvalue weighted by atomic mass is 16.6. The highest BCUT2D eigenvalue weighted by molar-refractivity contribution is 6.05. The molecule has 2 aliphatic rings. The summed E-state index contributed by atoms with van der Waals surface area (Å²) in [7, 11) is 0. The first kappa shape index (κ1) is 40.4. The number of ether oxygens (including phenoxy) is 4. The number of anilines is 2. The zero-order valence-electron chi connectivity index (χ0n) is 32.9. The van der Waals surface area contributed by atoms with E-state index in [0.29, 0.717) is 11.4 Å². The van der Waals surface area contributed by atoms with E-state index in [1.165, 1.54) is 19.6 Å². The fraction of sp³-hybridized carbons (Fsp3) is 0.526. The molecule has 4 amide bonds. The average molecular weight is 736 g/mol. The van der Waals surface area contributed by atoms with Crippen LogP contribution in [0, 0.1) is 0 Å². The molecule has 0 atom stereocenters. The van der Waals surface area contributed by atoms with Gasteiger partial charge in [0.05, 0.1) is 37.6 Å². The molecule has 2 saturated heterocycles. The van der Waals surface area contributed by atoms with Crippen LogP contribution in [-0.2, 0) is 18.9 Å². The number of amides is 4. The van der Waals surface area contributed by atoms with Crippen molar-refractivity contribution in [1.29, 1.82) is 0 Å². The fourth-order valence-electron chi connectivity index (χ4n) is 4.93. The Morgan fingerprint density at radius 3 is 0.887 bits per heavy atom. The van der Waals surface area contributed by atoms with E-state index in [4.69, 9.17) is 18.9 Å². The number of carbonyl (C=O) groups is 4. The van der Waals surface area contributed by atoms with Gasteiger partial charge in [-0.1, -0.05) is 0 Å². The summed E-state index contributed by atoms with van der Waals surface area (Å²) in [6.45, 7) is 22.0. The summed E-state index contributed by atoms with van der Waals surface area (Å²) in [4.78, 5) is 66.9. The molecule has 2 aromatic rings. The molecule has 53 heavy (non-hydrogen) atoms. The van der Waals surface area contributed by atoms with Crippen LogP contribution in [0.25, 0.3) is 0 Å². The molecule has 2 aliphatic heterocycles. The van der Waals surface area contributed by atoms with Crippen LogP contribution in [0.4, 0.5) is 41.9 Å². The molecule has 0 bridgehead atoms. The lowest BCUT2D eigenvalue weighted by molar-refractivity contribution is 0.0351. The molecule has 2 heterocycles. The Balaban J connectivity index is 1.54. The van der Waals surface area contributed by atoms with Crippen molar-refractivity contribution in [3.8, 4) is 0 Å². The molecule has 0 saturated carbocycles. The van der Waals surface area contributed by atoms with Gasteiger partial charge in [0.15, 0.2) is 0 Å². The van der Waals surface area contributed by atoms with Crippen LogP contribution in [-0.4, -0.2) is 104 Å². The maximum absolute atomic E-state index is 13.1. The number of carbonyl (C=O) groups excluding carboxylic acids is 4. The number of hydrogen-bond acceptors (Lipinski definition) is 11. The van der Waals surface area contributed by atoms with Gasteiger partial charge in [-0.15, -0.1) is 0 Å². The zero-order valence-corrected chi connectivity index (χ0v) is 32.9. The van der Waals surface area contributed by atoms with Crippen LogP contribution in [0.15, 0.2) is 58.5 Å². The highest BCUT2D eigenvalue weighted by Crippen LogP contribution is 2.27. The van der Waals surface area contributed by atoms with Gasteiger partial charge < -0.3 is 24.3 Å². The second kappa shape index (κ2) is 15.3. The van der Waals surface area contributed by atoms with Crippen LogP contribution < -0.4 is 5.32 Å². The molecular weight excluding hydrogens is 682 g/mol. The normalized spacial score (nSPS) is 15.3. The predicted molar refractivity (Wildman–Crippen MR) is 202 cm³/mol. The molecular formula is C38H53N7O8. The number of nitrogens with zero attached hydrogens (tertiary/aromatic N) is 6. The van der Waals surface area contributed by atoms with E-state index in [1.807, 2.05) is 24.3 Å². The van der Waals surface area contributed by atoms with Gasteiger partial charge in [0.1, 0.15) is 22.4 Å². The summed E-state index contributed by atoms with van der Waals surface area (Å²) in [5, 5.41) is 3.32. The smallest absolute Gasteiger partial charge is 0.417 e. The van der Waals surface area contributed by atoms with Gasteiger partial charge in [0.2, 0.25) is 11.9 Å². The molecule has 2 aromatic carbocycles. The van der Waals surface area contributed by atoms with Gasteiger partial charge in [0, 0.05) is 11.4 Å². The lowest BCUT2D eigenvalue weighted by atomic mass is 10.2. The number of rotatable bonds is 4. The van der Waals surface area contributed by atoms with Crippen LogP contribution in [0.2, 0.25) is 0 Å². The maximum atomic E-state index is 13.1. The number of benzene rings is 2. The third kappa shape index (κ3) is 11.8. The molecule has 0 spiro atoms. The Morgan fingerprint density at radius 2 is 0.679 bits per heavy atom. The molecule has 15 nitrogen and oxygen atoms in total. The standard InChI is InChI=1S/C38H53N7O8/c1-35(2,3)50-31(46)42-21-22-43(32(47)51-36(4,5)6)29(42)40-27-17-13-25(14-18-27)39-26-15-19-28(20-16-26)41-30-44(33(48)52-37(7,8)9)23-24-45(30)34(49)53-38(10,11)12/h13-20,39H,21-24H2,1-12H3. The first-order chi connectivity index (χ1) is 24.4. The Kier molecular flexibility index (Phi) is 11.7. The molecule has 0 aliphatic carbocycles. The molecule has 2 fully saturated rings. The number of guanidine groups is 2. The third-order valence-corrected chi connectivity index (χ3v) is 7.00. The minimum atomic E-state index is -0.739. The zero-order chi connectivity index (χ0) is 39.5. The summed E-state index contributed by atoms with van der Waals surface area (Å²) < 4.78 is 22.3. The van der Waals surface area contributed by atoms with Gasteiger partial charge in [-0.25, -0.2) is 48.8 Å². The van der Waals surface area contributed by atoms with Crippen molar-refractivity contribution in [2.45, 2.75) is 105 Å². The fourth-order valence-corrected chi connectivity index (χ4v) is 4.93. The van der Waals surface area contributed by atoms with E-state index in [2.05, 4.69) is 15.3 Å². The molecule has 0 unspecified atom stereocenters. The van der Waals surface area contributed by atoms with Gasteiger partial charge >= 0.3 is 24.4 Å². The molecule has 0 aromatic heterocycles. The van der Waals surface area contributed by atoms with Crippen LogP contribution in [0.3, 0.4) is 0 Å². The van der Waals surface area contributed by atoms with Gasteiger partial charge in [-0.05, 0) is 132 Å². The minimum absolute atomic E-state index is 0.115. The lowest BCUT2D eigenvalue weighted by Crippen LogP contribution is -2.44. The predicted octanol–water partition coefficient (Wildman–Crippen LogP) is 8.38. The molecule has 15 heteroatoms. The summed E-state index contributed by atoms with van der Waals surface area (Å²) >= 11 is 0. The van der Waals surface area contributed by atoms with Crippen molar-refractivity contribution < 1.29 is 38.1 Å². The van der Waals surface area contributed by atoms with Gasteiger partial charge in [-0.3, -0.25) is 0 Å². The molecule has 0 radical (unpaired) electrons. The summed E-state index contributed by atoms with van der Waals surface area (Å²) in [6.07, 6.45) is -2.45. The molecule has 4 rings (SSSR count). The minimum Gasteiger partial charge on any atom is -0.443 e. The van der Waals surface area contributed by atoms with Crippen molar-refractivity contribution in [2.24, 2.45) is 9.98 Å². The SMILES string of the molecule is CC(C)(C)OC(=O)N1CCN(C(=O)OC(C)(C)C)C1=Nc1ccc(Nc2ccc(N=C3N(C(=O)OC(C)(C)C)CCN3C(=O)OC(C)(C)C)cc2)cc1. The van der Waals surface area contributed by atoms with Crippen LogP contribution in [0.1, 0.15) is 83.1 Å². The number of hydrogen-bond donors (Lipinski definition) is 1. The van der Waals surface area contributed by atoms with Crippen molar-refractivity contribution in [3.63, 3.8) is 0 Å². The van der Waals surface area contributed by atoms with E-state index in [-0.39, 0.29) is 38.1 Å². The quantitative estimate of drug-likeness (QED) is 0.305. The summed E-state index contributed by atoms with van der Waals surface area (Å²) in [5.41, 5.74) is -0.461. The molecule has 1 N–H and O–H groups in total. The lowest BCUT2D eigenvalue weighted by Gasteiger charge is -2.27. The van der Waals surface area contributed by atoms with E-state index in [0.717, 1.165) is 11.4 Å². The van der Waals surface area contributed by atoms with E-state index < -0.39 is 46.8 Å². The second-order valence-electron chi connectivity index (χ2n) is 16.6. The van der Waals surface area contributed by atoms with Gasteiger partial charge in [-0.2, -0.15) is 0 Å². The summed E-state index contributed by atoms with van der Waals surface area (Å²) in [6, 6.07) is 14.3. The van der Waals surface area contributed by atoms with Crippen molar-refractivity contribution >= 4 is 59.0 Å². The second-order valence-corrected chi connectivity index (χ2v) is 16.6. The Hall–Kier alpha value is -5.34. The number of aliphatic imine (C=N–C) groups is 2. The van der Waals surface area contributed by atoms with Gasteiger partial charge in [0.25, 0.3) is 0 Å². The first-order valence-corrected chi connectivity index (χ1v) is 17.5. The van der Waals surface area contributed by atoms with E-state index in [9.17, 15) is 19.2 Å². The Labute approximate surface area is 311 Å². The first-order valence-electron chi connectivity index (χ1n) is 17.5. The van der Waals surface area contributed by atoms with Crippen LogP contribution in [0.5, 0.6) is 0 Å². The van der Waals surface area contributed by atoms with Crippen LogP contribution >= 0.6 is 0 Å². The topological polar surface area (TPSA) is 155 Å². The maximum Gasteiger partial charge on any atom is 0.417 e. The third-order valence-electron chi connectivity index (χ3n) is 7.00. The van der Waals surface area contributed by atoms with Crippen molar-refractivity contribution in [3.05, 3.63) is 48.5 Å². The van der Waals surface area contributed by atoms with Crippen molar-refractivity contribution in [2.75, 3.05) is 31.5 Å². The van der Waals surface area contributed by atoms with Crippen molar-refractivity contribution in [1.82, 2.24) is 19.6 Å². The Bertz CT molecular complexity index is 1520.